The van der Waals surface area contributed by atoms with Crippen LogP contribution in [0.1, 0.15) is 25.7 Å². The molecule has 2 unspecified atom stereocenters. The molecule has 2 atom stereocenters. The van der Waals surface area contributed by atoms with Gasteiger partial charge in [0.25, 0.3) is 0 Å². The molecule has 0 amide bonds. The lowest BCUT2D eigenvalue weighted by Crippen LogP contribution is -2.29. The van der Waals surface area contributed by atoms with Crippen molar-refractivity contribution in [2.75, 3.05) is 13.2 Å². The average molecular weight is 216 g/mol. The van der Waals surface area contributed by atoms with Crippen LogP contribution in [-0.4, -0.2) is 41.3 Å². The van der Waals surface area contributed by atoms with E-state index in [0.717, 1.165) is 0 Å². The van der Waals surface area contributed by atoms with E-state index in [1.54, 1.807) is 0 Å². The van der Waals surface area contributed by atoms with Gasteiger partial charge in [0, 0.05) is 12.8 Å². The summed E-state index contributed by atoms with van der Waals surface area (Å²) < 4.78 is 11.0. The SMILES string of the molecule is O=C(O)C1CCC2(CCC1O)OCCO2. The Balaban J connectivity index is 2.04. The van der Waals surface area contributed by atoms with Crippen LogP contribution in [0.25, 0.3) is 0 Å². The van der Waals surface area contributed by atoms with Crippen LogP contribution in [0.2, 0.25) is 0 Å². The molecule has 2 fully saturated rings. The second-order valence-corrected chi connectivity index (χ2v) is 4.20. The van der Waals surface area contributed by atoms with Crippen molar-refractivity contribution in [2.45, 2.75) is 37.6 Å². The number of hydrogen-bond donors (Lipinski definition) is 2. The van der Waals surface area contributed by atoms with Crippen LogP contribution in [0.15, 0.2) is 0 Å². The lowest BCUT2D eigenvalue weighted by Gasteiger charge is -2.25. The Morgan fingerprint density at radius 1 is 1.20 bits per heavy atom. The summed E-state index contributed by atoms with van der Waals surface area (Å²) >= 11 is 0. The van der Waals surface area contributed by atoms with E-state index in [1.165, 1.54) is 0 Å². The molecular weight excluding hydrogens is 200 g/mol. The summed E-state index contributed by atoms with van der Waals surface area (Å²) in [6.45, 7) is 1.13. The van der Waals surface area contributed by atoms with Crippen molar-refractivity contribution in [3.05, 3.63) is 0 Å². The maximum atomic E-state index is 10.9. The maximum Gasteiger partial charge on any atom is 0.309 e. The molecule has 0 radical (unpaired) electrons. The summed E-state index contributed by atoms with van der Waals surface area (Å²) in [6.07, 6.45) is 1.20. The Bertz CT molecular complexity index is 246. The van der Waals surface area contributed by atoms with Gasteiger partial charge in [0.05, 0.1) is 25.2 Å². The van der Waals surface area contributed by atoms with Gasteiger partial charge >= 0.3 is 5.97 Å². The van der Waals surface area contributed by atoms with Crippen molar-refractivity contribution in [3.63, 3.8) is 0 Å². The molecule has 0 aromatic rings. The van der Waals surface area contributed by atoms with Crippen LogP contribution >= 0.6 is 0 Å². The van der Waals surface area contributed by atoms with Gasteiger partial charge in [-0.05, 0) is 12.8 Å². The predicted octanol–water partition coefficient (Wildman–Crippen LogP) is 0.365. The topological polar surface area (TPSA) is 76.0 Å². The van der Waals surface area contributed by atoms with Gasteiger partial charge in [-0.15, -0.1) is 0 Å². The summed E-state index contributed by atoms with van der Waals surface area (Å²) in [5.74, 6) is -2.24. The van der Waals surface area contributed by atoms with Gasteiger partial charge in [-0.2, -0.15) is 0 Å². The zero-order valence-corrected chi connectivity index (χ0v) is 8.52. The molecule has 5 nitrogen and oxygen atoms in total. The number of hydrogen-bond acceptors (Lipinski definition) is 4. The molecule has 1 saturated carbocycles. The molecule has 0 aromatic heterocycles. The van der Waals surface area contributed by atoms with Gasteiger partial charge in [0.1, 0.15) is 0 Å². The monoisotopic (exact) mass is 216 g/mol. The summed E-state index contributed by atoms with van der Waals surface area (Å²) in [7, 11) is 0. The number of carbonyl (C=O) groups is 1. The summed E-state index contributed by atoms with van der Waals surface area (Å²) in [5, 5.41) is 18.6. The minimum atomic E-state index is -0.933. The van der Waals surface area contributed by atoms with Crippen LogP contribution in [0.3, 0.4) is 0 Å². The number of carboxylic acids is 1. The van der Waals surface area contributed by atoms with E-state index in [9.17, 15) is 9.90 Å². The van der Waals surface area contributed by atoms with Crippen LogP contribution in [0.4, 0.5) is 0 Å². The van der Waals surface area contributed by atoms with Crippen molar-refractivity contribution >= 4 is 5.97 Å². The summed E-state index contributed by atoms with van der Waals surface area (Å²) in [6, 6.07) is 0. The smallest absolute Gasteiger partial charge is 0.309 e. The van der Waals surface area contributed by atoms with E-state index < -0.39 is 23.8 Å². The largest absolute Gasteiger partial charge is 0.481 e. The fourth-order valence-electron chi connectivity index (χ4n) is 2.34. The van der Waals surface area contributed by atoms with Crippen LogP contribution in [0, 0.1) is 5.92 Å². The molecule has 5 heteroatoms. The third-order valence-corrected chi connectivity index (χ3v) is 3.25. The Hall–Kier alpha value is -0.650. The number of aliphatic hydroxyl groups excluding tert-OH is 1. The first-order valence-electron chi connectivity index (χ1n) is 5.32. The average Bonchev–Trinajstić information content (AvgIpc) is 2.57. The number of aliphatic carboxylic acids is 1. The second kappa shape index (κ2) is 4.08. The fraction of sp³-hybridized carbons (Fsp3) is 0.900. The molecule has 1 aliphatic heterocycles. The van der Waals surface area contributed by atoms with Crippen molar-refractivity contribution in [2.24, 2.45) is 5.92 Å². The van der Waals surface area contributed by atoms with Gasteiger partial charge in [-0.25, -0.2) is 0 Å². The van der Waals surface area contributed by atoms with Gasteiger partial charge in [-0.3, -0.25) is 4.79 Å². The van der Waals surface area contributed by atoms with Gasteiger partial charge < -0.3 is 19.7 Å². The molecule has 1 heterocycles. The van der Waals surface area contributed by atoms with Crippen molar-refractivity contribution < 1.29 is 24.5 Å². The molecule has 0 aromatic carbocycles. The number of aliphatic hydroxyl groups is 1. The van der Waals surface area contributed by atoms with E-state index in [2.05, 4.69) is 0 Å². The molecule has 2 rings (SSSR count). The first-order chi connectivity index (χ1) is 7.13. The molecule has 2 N–H and O–H groups in total. The van der Waals surface area contributed by atoms with Crippen molar-refractivity contribution in [1.82, 2.24) is 0 Å². The highest BCUT2D eigenvalue weighted by Gasteiger charge is 2.42. The second-order valence-electron chi connectivity index (χ2n) is 4.20. The van der Waals surface area contributed by atoms with E-state index >= 15 is 0 Å². The lowest BCUT2D eigenvalue weighted by molar-refractivity contribution is -0.166. The maximum absolute atomic E-state index is 10.9. The minimum Gasteiger partial charge on any atom is -0.481 e. The Morgan fingerprint density at radius 3 is 2.40 bits per heavy atom. The standard InChI is InChI=1S/C10H16O5/c11-8-2-4-10(14-5-6-15-10)3-1-7(8)9(12)13/h7-8,11H,1-6H2,(H,12,13). The lowest BCUT2D eigenvalue weighted by atomic mass is 9.98. The normalized spacial score (nSPS) is 35.3. The highest BCUT2D eigenvalue weighted by molar-refractivity contribution is 5.70. The number of carboxylic acid groups (broad SMARTS) is 1. The zero-order chi connectivity index (χ0) is 10.9. The molecule has 1 saturated heterocycles. The number of ether oxygens (including phenoxy) is 2. The minimum absolute atomic E-state index is 0.413. The van der Waals surface area contributed by atoms with Crippen molar-refractivity contribution in [1.29, 1.82) is 0 Å². The Kier molecular flexibility index (Phi) is 2.95. The molecule has 1 spiro atoms. The van der Waals surface area contributed by atoms with Crippen molar-refractivity contribution in [3.8, 4) is 0 Å². The predicted molar refractivity (Wildman–Crippen MR) is 50.2 cm³/mol. The molecule has 2 aliphatic rings. The van der Waals surface area contributed by atoms with Crippen LogP contribution in [-0.2, 0) is 14.3 Å². The van der Waals surface area contributed by atoms with Gasteiger partial charge in [-0.1, -0.05) is 0 Å². The Morgan fingerprint density at radius 2 is 1.80 bits per heavy atom. The summed E-state index contributed by atoms with van der Waals surface area (Å²) in [4.78, 5) is 10.9. The molecule has 86 valence electrons. The summed E-state index contributed by atoms with van der Waals surface area (Å²) in [5.41, 5.74) is 0. The first-order valence-corrected chi connectivity index (χ1v) is 5.32. The third kappa shape index (κ3) is 2.14. The van der Waals surface area contributed by atoms with Crippen LogP contribution in [0.5, 0.6) is 0 Å². The quantitative estimate of drug-likeness (QED) is 0.662. The molecular formula is C10H16O5. The van der Waals surface area contributed by atoms with E-state index in [0.29, 0.717) is 38.9 Å². The highest BCUT2D eigenvalue weighted by Crippen LogP contribution is 2.36. The van der Waals surface area contributed by atoms with E-state index in [1.807, 2.05) is 0 Å². The molecule has 15 heavy (non-hydrogen) atoms. The first kappa shape index (κ1) is 10.9. The van der Waals surface area contributed by atoms with E-state index in [-0.39, 0.29) is 0 Å². The Labute approximate surface area is 88.0 Å². The molecule has 0 bridgehead atoms. The fourth-order valence-corrected chi connectivity index (χ4v) is 2.34. The number of rotatable bonds is 1. The van der Waals surface area contributed by atoms with E-state index in [4.69, 9.17) is 14.6 Å². The third-order valence-electron chi connectivity index (χ3n) is 3.25. The molecule has 1 aliphatic carbocycles. The van der Waals surface area contributed by atoms with Gasteiger partial charge in [0.2, 0.25) is 0 Å². The van der Waals surface area contributed by atoms with Crippen LogP contribution < -0.4 is 0 Å². The highest BCUT2D eigenvalue weighted by atomic mass is 16.7. The zero-order valence-electron chi connectivity index (χ0n) is 8.52. The van der Waals surface area contributed by atoms with Gasteiger partial charge in [0.15, 0.2) is 5.79 Å².